The summed E-state index contributed by atoms with van der Waals surface area (Å²) >= 11 is 0. The molecule has 0 aromatic heterocycles. The number of carbonyl (C=O) groups excluding carboxylic acids is 2. The largest absolute Gasteiger partial charge is 0.360 e. The minimum Gasteiger partial charge on any atom is -0.360 e. The van der Waals surface area contributed by atoms with E-state index in [0.29, 0.717) is 35.5 Å². The zero-order chi connectivity index (χ0) is 23.8. The second-order valence-corrected chi connectivity index (χ2v) is 13.6. The fraction of sp³-hybridized carbons (Fsp3) is 0.862. The van der Waals surface area contributed by atoms with E-state index < -0.39 is 5.72 Å². The lowest BCUT2D eigenvalue weighted by Gasteiger charge is -2.58. The number of nitrogens with zero attached hydrogens (tertiary/aromatic N) is 1. The summed E-state index contributed by atoms with van der Waals surface area (Å²) < 4.78 is 13.1. The summed E-state index contributed by atoms with van der Waals surface area (Å²) in [5, 5.41) is 0. The number of amides is 1. The van der Waals surface area contributed by atoms with Gasteiger partial charge in [-0.2, -0.15) is 0 Å². The van der Waals surface area contributed by atoms with Crippen molar-refractivity contribution in [3.63, 3.8) is 0 Å². The van der Waals surface area contributed by atoms with Crippen molar-refractivity contribution in [1.82, 2.24) is 4.90 Å². The van der Waals surface area contributed by atoms with Crippen LogP contribution >= 0.6 is 0 Å². The average Bonchev–Trinajstić information content (AvgIpc) is 3.49. The first-order chi connectivity index (χ1) is 16.1. The Morgan fingerprint density at radius 3 is 2.68 bits per heavy atom. The van der Waals surface area contributed by atoms with Crippen LogP contribution in [0.1, 0.15) is 79.6 Å². The molecule has 12 atom stereocenters. The van der Waals surface area contributed by atoms with E-state index in [1.807, 2.05) is 6.08 Å². The molecule has 0 N–H and O–H groups in total. The Morgan fingerprint density at radius 2 is 1.91 bits per heavy atom. The van der Waals surface area contributed by atoms with Gasteiger partial charge < -0.3 is 14.4 Å². The van der Waals surface area contributed by atoms with E-state index >= 15 is 0 Å². The maximum Gasteiger partial charge on any atom is 0.221 e. The first-order valence-corrected chi connectivity index (χ1v) is 14.0. The molecule has 5 heteroatoms. The highest BCUT2D eigenvalue weighted by atomic mass is 16.6. The van der Waals surface area contributed by atoms with Crippen molar-refractivity contribution >= 4 is 11.7 Å². The third kappa shape index (κ3) is 2.49. The highest BCUT2D eigenvalue weighted by Gasteiger charge is 2.72. The molecule has 3 unspecified atom stereocenters. The predicted octanol–water partition coefficient (Wildman–Crippen LogP) is 4.74. The summed E-state index contributed by atoms with van der Waals surface area (Å²) in [6.45, 7) is 12.2. The zero-order valence-corrected chi connectivity index (χ0v) is 21.5. The molecule has 7 rings (SSSR count). The standard InChI is InChI=1S/C29H41NO4/c1-15-8-11-29(30(14-15)17(3)31)16(2)24-23(34-29)13-21-19-7-6-18-12-22(32)25-26(33-25)28(18,5)20(19)9-10-27(21,24)4/h12,15-16,19-21,23-26H,6-11,13-14H2,1-5H3/t15-,16+,19-,20+,21+,23+,24+,25?,26?,27+,28+,29?/m1/s1. The molecule has 3 saturated carbocycles. The third-order valence-electron chi connectivity index (χ3n) is 12.3. The van der Waals surface area contributed by atoms with E-state index in [2.05, 4.69) is 32.6 Å². The van der Waals surface area contributed by atoms with Crippen molar-refractivity contribution in [3.05, 3.63) is 11.6 Å². The highest BCUT2D eigenvalue weighted by molar-refractivity contribution is 5.98. The first-order valence-electron chi connectivity index (χ1n) is 14.0. The first kappa shape index (κ1) is 22.0. The lowest BCUT2D eigenvalue weighted by molar-refractivity contribution is -0.200. The second-order valence-electron chi connectivity index (χ2n) is 13.6. The lowest BCUT2D eigenvalue weighted by Crippen LogP contribution is -2.60. The van der Waals surface area contributed by atoms with E-state index in [9.17, 15) is 9.59 Å². The van der Waals surface area contributed by atoms with Gasteiger partial charge in [-0.25, -0.2) is 0 Å². The molecular weight excluding hydrogens is 426 g/mol. The van der Waals surface area contributed by atoms with Crippen LogP contribution in [-0.4, -0.2) is 47.2 Å². The van der Waals surface area contributed by atoms with Gasteiger partial charge in [0.25, 0.3) is 0 Å². The molecule has 0 bridgehead atoms. The molecule has 1 amide bonds. The van der Waals surface area contributed by atoms with Gasteiger partial charge in [-0.15, -0.1) is 0 Å². The average molecular weight is 468 g/mol. The Kier molecular flexibility index (Phi) is 4.38. The zero-order valence-electron chi connectivity index (χ0n) is 21.5. The van der Waals surface area contributed by atoms with Gasteiger partial charge in [-0.05, 0) is 86.0 Å². The van der Waals surface area contributed by atoms with Gasteiger partial charge in [0.1, 0.15) is 17.9 Å². The van der Waals surface area contributed by atoms with Crippen molar-refractivity contribution in [3.8, 4) is 0 Å². The number of epoxide rings is 1. The van der Waals surface area contributed by atoms with Crippen LogP contribution in [0.3, 0.4) is 0 Å². The van der Waals surface area contributed by atoms with E-state index in [0.717, 1.165) is 32.2 Å². The molecule has 0 aromatic rings. The van der Waals surface area contributed by atoms with Gasteiger partial charge in [0, 0.05) is 24.8 Å². The quantitative estimate of drug-likeness (QED) is 0.483. The van der Waals surface area contributed by atoms with E-state index in [1.54, 1.807) is 6.92 Å². The molecule has 0 aromatic carbocycles. The summed E-state index contributed by atoms with van der Waals surface area (Å²) in [5.41, 5.74) is 1.29. The highest BCUT2D eigenvalue weighted by Crippen LogP contribution is 2.72. The fourth-order valence-electron chi connectivity index (χ4n) is 10.8. The second kappa shape index (κ2) is 6.76. The van der Waals surface area contributed by atoms with Crippen molar-refractivity contribution in [2.45, 2.75) is 104 Å². The SMILES string of the molecule is CC(=O)N1C[C@H](C)CCC12O[C@H]1C[C@H]3[C@@H]4CCC5=CC(=O)C6OC6[C@]5(C)[C@H]4CC[C@]3(C)[C@H]1[C@@H]2C. The summed E-state index contributed by atoms with van der Waals surface area (Å²) in [4.78, 5) is 27.3. The Hall–Kier alpha value is -1.20. The Balaban J connectivity index is 1.20. The summed E-state index contributed by atoms with van der Waals surface area (Å²) in [7, 11) is 0. The number of carbonyl (C=O) groups is 2. The topological polar surface area (TPSA) is 59.1 Å². The van der Waals surface area contributed by atoms with Crippen LogP contribution in [0.2, 0.25) is 0 Å². The van der Waals surface area contributed by atoms with Crippen molar-refractivity contribution in [2.75, 3.05) is 6.54 Å². The lowest BCUT2D eigenvalue weighted by atomic mass is 9.46. The van der Waals surface area contributed by atoms with E-state index in [4.69, 9.17) is 9.47 Å². The number of rotatable bonds is 0. The van der Waals surface area contributed by atoms with Gasteiger partial charge in [0.15, 0.2) is 5.78 Å². The molecule has 7 aliphatic rings. The van der Waals surface area contributed by atoms with Crippen LogP contribution < -0.4 is 0 Å². The van der Waals surface area contributed by atoms with Crippen molar-refractivity contribution in [2.24, 2.45) is 46.3 Å². The van der Waals surface area contributed by atoms with Crippen molar-refractivity contribution in [1.29, 1.82) is 0 Å². The molecule has 3 aliphatic heterocycles. The molecule has 34 heavy (non-hydrogen) atoms. The van der Waals surface area contributed by atoms with Crippen LogP contribution in [0.25, 0.3) is 0 Å². The summed E-state index contributed by atoms with van der Waals surface area (Å²) in [5.74, 6) is 3.79. The minimum absolute atomic E-state index is 0.0408. The predicted molar refractivity (Wildman–Crippen MR) is 128 cm³/mol. The maximum atomic E-state index is 12.8. The number of hydrogen-bond donors (Lipinski definition) is 0. The Morgan fingerprint density at radius 1 is 1.12 bits per heavy atom. The molecular formula is C29H41NO4. The Labute approximate surface area is 204 Å². The molecule has 1 spiro atoms. The van der Waals surface area contributed by atoms with Crippen LogP contribution in [0.4, 0.5) is 0 Å². The van der Waals surface area contributed by atoms with Gasteiger partial charge >= 0.3 is 0 Å². The number of piperidine rings is 1. The fourth-order valence-corrected chi connectivity index (χ4v) is 10.8. The molecule has 186 valence electrons. The maximum absolute atomic E-state index is 12.8. The number of likely N-dealkylation sites (tertiary alicyclic amines) is 1. The third-order valence-corrected chi connectivity index (χ3v) is 12.3. The van der Waals surface area contributed by atoms with Gasteiger partial charge in [-0.3, -0.25) is 9.59 Å². The smallest absolute Gasteiger partial charge is 0.221 e. The van der Waals surface area contributed by atoms with E-state index in [1.165, 1.54) is 24.8 Å². The monoisotopic (exact) mass is 467 g/mol. The molecule has 3 saturated heterocycles. The molecule has 0 radical (unpaired) electrons. The number of fused-ring (bicyclic) bond motifs is 9. The molecule has 5 nitrogen and oxygen atoms in total. The van der Waals surface area contributed by atoms with Crippen LogP contribution in [-0.2, 0) is 19.1 Å². The molecule has 6 fully saturated rings. The van der Waals surface area contributed by atoms with Crippen LogP contribution in [0.15, 0.2) is 11.6 Å². The summed E-state index contributed by atoms with van der Waals surface area (Å²) in [6, 6.07) is 0. The molecule has 3 heterocycles. The van der Waals surface area contributed by atoms with Crippen LogP contribution in [0, 0.1) is 46.3 Å². The Bertz CT molecular complexity index is 991. The minimum atomic E-state index is -0.397. The normalized spacial score (nSPS) is 57.3. The van der Waals surface area contributed by atoms with E-state index in [-0.39, 0.29) is 40.8 Å². The van der Waals surface area contributed by atoms with Gasteiger partial charge in [0.05, 0.1) is 6.10 Å². The number of ketones is 1. The van der Waals surface area contributed by atoms with Crippen molar-refractivity contribution < 1.29 is 19.1 Å². The number of ether oxygens (including phenoxy) is 2. The molecule has 4 aliphatic carbocycles. The van der Waals surface area contributed by atoms with Gasteiger partial charge in [0.2, 0.25) is 5.91 Å². The summed E-state index contributed by atoms with van der Waals surface area (Å²) in [6.07, 6.45) is 10.1. The van der Waals surface area contributed by atoms with Crippen LogP contribution in [0.5, 0.6) is 0 Å². The van der Waals surface area contributed by atoms with Gasteiger partial charge in [-0.1, -0.05) is 33.3 Å². The number of hydrogen-bond acceptors (Lipinski definition) is 4.